The van der Waals surface area contributed by atoms with E-state index in [1.165, 1.54) is 6.07 Å². The SMILES string of the molecule is CCc1ccc2sc(F)cc2c1Cl. The molecule has 0 aliphatic heterocycles. The van der Waals surface area contributed by atoms with Crippen LogP contribution in [0.4, 0.5) is 4.39 Å². The van der Waals surface area contributed by atoms with Gasteiger partial charge in [0.1, 0.15) is 0 Å². The predicted molar refractivity (Wildman–Crippen MR) is 56.2 cm³/mol. The van der Waals surface area contributed by atoms with Crippen molar-refractivity contribution < 1.29 is 4.39 Å². The lowest BCUT2D eigenvalue weighted by atomic mass is 10.1. The summed E-state index contributed by atoms with van der Waals surface area (Å²) in [4.78, 5) is 0. The summed E-state index contributed by atoms with van der Waals surface area (Å²) in [5.41, 5.74) is 1.08. The second-order valence-electron chi connectivity index (χ2n) is 2.85. The Kier molecular flexibility index (Phi) is 2.26. The van der Waals surface area contributed by atoms with Crippen LogP contribution >= 0.6 is 22.9 Å². The Morgan fingerprint density at radius 3 is 2.92 bits per heavy atom. The van der Waals surface area contributed by atoms with Crippen molar-refractivity contribution in [2.24, 2.45) is 0 Å². The van der Waals surface area contributed by atoms with Gasteiger partial charge < -0.3 is 0 Å². The Hall–Kier alpha value is -0.600. The zero-order valence-electron chi connectivity index (χ0n) is 7.10. The summed E-state index contributed by atoms with van der Waals surface area (Å²) in [6.07, 6.45) is 0.881. The Balaban J connectivity index is 2.78. The van der Waals surface area contributed by atoms with Crippen molar-refractivity contribution in [2.75, 3.05) is 0 Å². The van der Waals surface area contributed by atoms with E-state index in [9.17, 15) is 4.39 Å². The summed E-state index contributed by atoms with van der Waals surface area (Å²) in [6.45, 7) is 2.04. The van der Waals surface area contributed by atoms with Crippen molar-refractivity contribution in [3.63, 3.8) is 0 Å². The monoisotopic (exact) mass is 214 g/mol. The number of thiophene rings is 1. The van der Waals surface area contributed by atoms with Gasteiger partial charge in [0.25, 0.3) is 0 Å². The van der Waals surface area contributed by atoms with Gasteiger partial charge in [0.05, 0.1) is 5.02 Å². The molecule has 0 saturated heterocycles. The van der Waals surface area contributed by atoms with Crippen molar-refractivity contribution in [2.45, 2.75) is 13.3 Å². The molecular weight excluding hydrogens is 207 g/mol. The van der Waals surface area contributed by atoms with Crippen LogP contribution in [0.5, 0.6) is 0 Å². The number of fused-ring (bicyclic) bond motifs is 1. The standard InChI is InChI=1S/C10H8ClFS/c1-2-6-3-4-8-7(10(6)11)5-9(12)13-8/h3-5H,2H2,1H3. The van der Waals surface area contributed by atoms with E-state index in [4.69, 9.17) is 11.6 Å². The molecule has 0 fully saturated rings. The van der Waals surface area contributed by atoms with Crippen LogP contribution < -0.4 is 0 Å². The van der Waals surface area contributed by atoms with Gasteiger partial charge in [-0.3, -0.25) is 0 Å². The zero-order valence-corrected chi connectivity index (χ0v) is 8.68. The van der Waals surface area contributed by atoms with Gasteiger partial charge in [0.15, 0.2) is 5.13 Å². The number of aryl methyl sites for hydroxylation is 1. The highest BCUT2D eigenvalue weighted by Gasteiger charge is 2.07. The smallest absolute Gasteiger partial charge is 0.177 e. The van der Waals surface area contributed by atoms with Crippen LogP contribution in [0.15, 0.2) is 18.2 Å². The van der Waals surface area contributed by atoms with Crippen molar-refractivity contribution in [1.29, 1.82) is 0 Å². The molecule has 0 aliphatic carbocycles. The molecule has 2 rings (SSSR count). The predicted octanol–water partition coefficient (Wildman–Crippen LogP) is 4.26. The molecule has 3 heteroatoms. The van der Waals surface area contributed by atoms with Gasteiger partial charge in [-0.1, -0.05) is 24.6 Å². The maximum atomic E-state index is 12.9. The van der Waals surface area contributed by atoms with E-state index in [0.717, 1.165) is 33.4 Å². The second-order valence-corrected chi connectivity index (χ2v) is 4.27. The number of halogens is 2. The Bertz CT molecular complexity index is 447. The average molecular weight is 215 g/mol. The summed E-state index contributed by atoms with van der Waals surface area (Å²) >= 11 is 7.23. The lowest BCUT2D eigenvalue weighted by Crippen LogP contribution is -1.80. The van der Waals surface area contributed by atoms with Gasteiger partial charge in [-0.25, -0.2) is 0 Å². The van der Waals surface area contributed by atoms with Crippen molar-refractivity contribution in [1.82, 2.24) is 0 Å². The number of hydrogen-bond donors (Lipinski definition) is 0. The molecule has 0 aliphatic rings. The van der Waals surface area contributed by atoms with E-state index in [2.05, 4.69) is 0 Å². The molecule has 1 heterocycles. The van der Waals surface area contributed by atoms with Crippen molar-refractivity contribution in [3.8, 4) is 0 Å². The van der Waals surface area contributed by atoms with Crippen LogP contribution in [0.1, 0.15) is 12.5 Å². The normalized spacial score (nSPS) is 11.0. The molecule has 0 spiro atoms. The van der Waals surface area contributed by atoms with E-state index in [1.54, 1.807) is 0 Å². The number of hydrogen-bond acceptors (Lipinski definition) is 1. The van der Waals surface area contributed by atoms with E-state index in [-0.39, 0.29) is 5.13 Å². The molecule has 13 heavy (non-hydrogen) atoms. The summed E-state index contributed by atoms with van der Waals surface area (Å²) in [6, 6.07) is 5.38. The third-order valence-corrected chi connectivity index (χ3v) is 3.40. The Morgan fingerprint density at radius 2 is 2.23 bits per heavy atom. The first-order valence-electron chi connectivity index (χ1n) is 4.08. The Labute approximate surface area is 85.0 Å². The molecule has 1 aromatic carbocycles. The van der Waals surface area contributed by atoms with Gasteiger partial charge in [0, 0.05) is 10.1 Å². The minimum Gasteiger partial charge on any atom is -0.195 e. The van der Waals surface area contributed by atoms with E-state index in [1.807, 2.05) is 19.1 Å². The number of rotatable bonds is 1. The van der Waals surface area contributed by atoms with Gasteiger partial charge in [-0.2, -0.15) is 4.39 Å². The molecule has 0 nitrogen and oxygen atoms in total. The minimum atomic E-state index is -0.176. The maximum absolute atomic E-state index is 12.9. The summed E-state index contributed by atoms with van der Waals surface area (Å²) in [7, 11) is 0. The highest BCUT2D eigenvalue weighted by molar-refractivity contribution is 7.17. The number of benzene rings is 1. The lowest BCUT2D eigenvalue weighted by molar-refractivity contribution is 0.658. The molecule has 0 atom stereocenters. The summed E-state index contributed by atoms with van der Waals surface area (Å²) < 4.78 is 13.8. The highest BCUT2D eigenvalue weighted by atomic mass is 35.5. The first kappa shape index (κ1) is 8.97. The van der Waals surface area contributed by atoms with Crippen LogP contribution in [0, 0.1) is 5.13 Å². The summed E-state index contributed by atoms with van der Waals surface area (Å²) in [5.74, 6) is 0. The quantitative estimate of drug-likeness (QED) is 0.666. The summed E-state index contributed by atoms with van der Waals surface area (Å²) in [5, 5.41) is 1.36. The van der Waals surface area contributed by atoms with Crippen LogP contribution in [-0.2, 0) is 6.42 Å². The molecule has 68 valence electrons. The van der Waals surface area contributed by atoms with Crippen molar-refractivity contribution >= 4 is 33.0 Å². The lowest BCUT2D eigenvalue weighted by Gasteiger charge is -2.00. The van der Waals surface area contributed by atoms with E-state index >= 15 is 0 Å². The third kappa shape index (κ3) is 1.45. The van der Waals surface area contributed by atoms with Gasteiger partial charge in [0.2, 0.25) is 0 Å². The molecule has 0 N–H and O–H groups in total. The first-order chi connectivity index (χ1) is 6.22. The highest BCUT2D eigenvalue weighted by Crippen LogP contribution is 2.32. The Morgan fingerprint density at radius 1 is 1.46 bits per heavy atom. The van der Waals surface area contributed by atoms with Crippen LogP contribution in [0.2, 0.25) is 5.02 Å². The fourth-order valence-corrected chi connectivity index (χ4v) is 2.57. The fourth-order valence-electron chi connectivity index (χ4n) is 1.36. The van der Waals surface area contributed by atoms with Crippen molar-refractivity contribution in [3.05, 3.63) is 33.9 Å². The van der Waals surface area contributed by atoms with Crippen LogP contribution in [0.3, 0.4) is 0 Å². The zero-order chi connectivity index (χ0) is 9.42. The molecule has 0 radical (unpaired) electrons. The molecule has 1 aromatic heterocycles. The molecule has 2 aromatic rings. The van der Waals surface area contributed by atoms with Gasteiger partial charge in [-0.15, -0.1) is 11.3 Å². The van der Waals surface area contributed by atoms with Crippen LogP contribution in [-0.4, -0.2) is 0 Å². The molecule has 0 amide bonds. The van der Waals surface area contributed by atoms with E-state index < -0.39 is 0 Å². The topological polar surface area (TPSA) is 0 Å². The molecule has 0 bridgehead atoms. The molecule has 0 unspecified atom stereocenters. The van der Waals surface area contributed by atoms with Crippen LogP contribution in [0.25, 0.3) is 10.1 Å². The average Bonchev–Trinajstić information content (AvgIpc) is 2.47. The largest absolute Gasteiger partial charge is 0.195 e. The molecular formula is C10H8ClFS. The maximum Gasteiger partial charge on any atom is 0.177 e. The van der Waals surface area contributed by atoms with Gasteiger partial charge >= 0.3 is 0 Å². The first-order valence-corrected chi connectivity index (χ1v) is 5.28. The van der Waals surface area contributed by atoms with E-state index in [0.29, 0.717) is 5.02 Å². The van der Waals surface area contributed by atoms with Gasteiger partial charge in [-0.05, 0) is 24.1 Å². The third-order valence-electron chi connectivity index (χ3n) is 2.07. The minimum absolute atomic E-state index is 0.176. The molecule has 0 saturated carbocycles. The fraction of sp³-hybridized carbons (Fsp3) is 0.200. The second kappa shape index (κ2) is 3.28.